The SMILES string of the molecule is O=C(CCNC(=O)C1CCCCC1)NCC1CCCCCCC1. The maximum absolute atomic E-state index is 12.0. The second kappa shape index (κ2) is 10.7. The number of nitrogens with one attached hydrogen (secondary N) is 2. The molecule has 2 aliphatic rings. The first-order valence-electron chi connectivity index (χ1n) is 9.80. The van der Waals surface area contributed by atoms with Crippen molar-refractivity contribution < 1.29 is 9.59 Å². The van der Waals surface area contributed by atoms with Gasteiger partial charge in [0.05, 0.1) is 0 Å². The Balaban J connectivity index is 1.54. The van der Waals surface area contributed by atoms with E-state index in [1.54, 1.807) is 0 Å². The molecular formula is C19H34N2O2. The van der Waals surface area contributed by atoms with Crippen LogP contribution in [0.2, 0.25) is 0 Å². The average Bonchev–Trinajstić information content (AvgIpc) is 2.54. The lowest BCUT2D eigenvalue weighted by atomic mass is 9.89. The summed E-state index contributed by atoms with van der Waals surface area (Å²) in [6.07, 6.45) is 15.2. The monoisotopic (exact) mass is 322 g/mol. The Morgan fingerprint density at radius 2 is 1.30 bits per heavy atom. The highest BCUT2D eigenvalue weighted by atomic mass is 16.2. The summed E-state index contributed by atoms with van der Waals surface area (Å²) in [5, 5.41) is 6.00. The third-order valence-electron chi connectivity index (χ3n) is 5.44. The summed E-state index contributed by atoms with van der Waals surface area (Å²) < 4.78 is 0. The average molecular weight is 322 g/mol. The normalized spacial score (nSPS) is 21.2. The predicted octanol–water partition coefficient (Wildman–Crippen LogP) is 3.55. The van der Waals surface area contributed by atoms with Crippen molar-refractivity contribution in [1.29, 1.82) is 0 Å². The first kappa shape index (κ1) is 18.3. The lowest BCUT2D eigenvalue weighted by Crippen LogP contribution is -2.36. The van der Waals surface area contributed by atoms with Crippen LogP contribution in [0, 0.1) is 11.8 Å². The van der Waals surface area contributed by atoms with Crippen LogP contribution < -0.4 is 10.6 Å². The van der Waals surface area contributed by atoms with Crippen LogP contribution in [0.15, 0.2) is 0 Å². The molecule has 0 atom stereocenters. The van der Waals surface area contributed by atoms with E-state index in [0.29, 0.717) is 18.9 Å². The smallest absolute Gasteiger partial charge is 0.223 e. The Labute approximate surface area is 141 Å². The summed E-state index contributed by atoms with van der Waals surface area (Å²) >= 11 is 0. The molecule has 2 aliphatic carbocycles. The van der Waals surface area contributed by atoms with E-state index in [-0.39, 0.29) is 17.7 Å². The van der Waals surface area contributed by atoms with Crippen LogP contribution in [-0.4, -0.2) is 24.9 Å². The lowest BCUT2D eigenvalue weighted by molar-refractivity contribution is -0.126. The molecule has 0 radical (unpaired) electrons. The van der Waals surface area contributed by atoms with Gasteiger partial charge in [0.25, 0.3) is 0 Å². The number of carbonyl (C=O) groups is 2. The van der Waals surface area contributed by atoms with Crippen molar-refractivity contribution in [3.63, 3.8) is 0 Å². The summed E-state index contributed by atoms with van der Waals surface area (Å²) in [5.74, 6) is 1.06. The zero-order valence-corrected chi connectivity index (χ0v) is 14.6. The van der Waals surface area contributed by atoms with Crippen LogP contribution in [0.1, 0.15) is 83.5 Å². The molecule has 2 rings (SSSR count). The summed E-state index contributed by atoms with van der Waals surface area (Å²) in [7, 11) is 0. The standard InChI is InChI=1S/C19H34N2O2/c22-18(21-15-16-9-5-2-1-3-6-10-16)13-14-20-19(23)17-11-7-4-8-12-17/h16-17H,1-15H2,(H,20,23)(H,21,22). The summed E-state index contributed by atoms with van der Waals surface area (Å²) in [5.41, 5.74) is 0. The fourth-order valence-electron chi connectivity index (χ4n) is 3.90. The molecule has 0 spiro atoms. The Morgan fingerprint density at radius 3 is 2.00 bits per heavy atom. The number of hydrogen-bond donors (Lipinski definition) is 2. The summed E-state index contributed by atoms with van der Waals surface area (Å²) in [4.78, 5) is 23.9. The fraction of sp³-hybridized carbons (Fsp3) is 0.895. The van der Waals surface area contributed by atoms with Crippen LogP contribution in [0.4, 0.5) is 0 Å². The van der Waals surface area contributed by atoms with Gasteiger partial charge in [-0.15, -0.1) is 0 Å². The Hall–Kier alpha value is -1.06. The molecule has 4 nitrogen and oxygen atoms in total. The second-order valence-corrected chi connectivity index (χ2v) is 7.39. The van der Waals surface area contributed by atoms with E-state index < -0.39 is 0 Å². The van der Waals surface area contributed by atoms with Gasteiger partial charge in [-0.2, -0.15) is 0 Å². The van der Waals surface area contributed by atoms with Crippen LogP contribution >= 0.6 is 0 Å². The molecule has 132 valence electrons. The molecule has 2 N–H and O–H groups in total. The van der Waals surface area contributed by atoms with E-state index in [2.05, 4.69) is 10.6 Å². The zero-order valence-electron chi connectivity index (χ0n) is 14.6. The van der Waals surface area contributed by atoms with Gasteiger partial charge in [0.1, 0.15) is 0 Å². The topological polar surface area (TPSA) is 58.2 Å². The van der Waals surface area contributed by atoms with Gasteiger partial charge in [-0.25, -0.2) is 0 Å². The predicted molar refractivity (Wildman–Crippen MR) is 93.0 cm³/mol. The largest absolute Gasteiger partial charge is 0.356 e. The third kappa shape index (κ3) is 7.36. The molecule has 0 aromatic carbocycles. The summed E-state index contributed by atoms with van der Waals surface area (Å²) in [6, 6.07) is 0. The fourth-order valence-corrected chi connectivity index (χ4v) is 3.90. The highest BCUT2D eigenvalue weighted by molar-refractivity contribution is 5.80. The van der Waals surface area contributed by atoms with E-state index in [4.69, 9.17) is 0 Å². The minimum absolute atomic E-state index is 0.0796. The zero-order chi connectivity index (χ0) is 16.3. The van der Waals surface area contributed by atoms with Gasteiger partial charge in [0.2, 0.25) is 11.8 Å². The van der Waals surface area contributed by atoms with Crippen molar-refractivity contribution in [3.05, 3.63) is 0 Å². The molecule has 2 saturated carbocycles. The van der Waals surface area contributed by atoms with Crippen LogP contribution in [-0.2, 0) is 9.59 Å². The molecule has 0 bridgehead atoms. The van der Waals surface area contributed by atoms with Gasteiger partial charge in [-0.3, -0.25) is 9.59 Å². The van der Waals surface area contributed by atoms with Crippen LogP contribution in [0.5, 0.6) is 0 Å². The second-order valence-electron chi connectivity index (χ2n) is 7.39. The molecule has 0 aromatic heterocycles. The van der Waals surface area contributed by atoms with Gasteiger partial charge in [-0.1, -0.05) is 51.4 Å². The van der Waals surface area contributed by atoms with Gasteiger partial charge in [0.15, 0.2) is 0 Å². The van der Waals surface area contributed by atoms with E-state index >= 15 is 0 Å². The molecule has 2 fully saturated rings. The molecule has 2 amide bonds. The minimum Gasteiger partial charge on any atom is -0.356 e. The highest BCUT2D eigenvalue weighted by Crippen LogP contribution is 2.23. The molecule has 0 heterocycles. The lowest BCUT2D eigenvalue weighted by Gasteiger charge is -2.21. The first-order chi connectivity index (χ1) is 11.3. The molecule has 0 saturated heterocycles. The van der Waals surface area contributed by atoms with E-state index in [0.717, 1.165) is 19.4 Å². The molecule has 0 aliphatic heterocycles. The quantitative estimate of drug-likeness (QED) is 0.785. The van der Waals surface area contributed by atoms with Gasteiger partial charge < -0.3 is 10.6 Å². The van der Waals surface area contributed by atoms with Crippen molar-refractivity contribution in [2.75, 3.05) is 13.1 Å². The Morgan fingerprint density at radius 1 is 0.739 bits per heavy atom. The maximum atomic E-state index is 12.0. The first-order valence-corrected chi connectivity index (χ1v) is 9.80. The van der Waals surface area contributed by atoms with Crippen molar-refractivity contribution in [1.82, 2.24) is 10.6 Å². The van der Waals surface area contributed by atoms with Crippen LogP contribution in [0.25, 0.3) is 0 Å². The Kier molecular flexibility index (Phi) is 8.48. The number of hydrogen-bond acceptors (Lipinski definition) is 2. The molecule has 4 heteroatoms. The van der Waals surface area contributed by atoms with E-state index in [1.807, 2.05) is 0 Å². The molecule has 0 aromatic rings. The third-order valence-corrected chi connectivity index (χ3v) is 5.44. The summed E-state index contributed by atoms with van der Waals surface area (Å²) in [6.45, 7) is 1.29. The van der Waals surface area contributed by atoms with Gasteiger partial charge >= 0.3 is 0 Å². The van der Waals surface area contributed by atoms with Crippen molar-refractivity contribution >= 4 is 11.8 Å². The van der Waals surface area contributed by atoms with Crippen molar-refractivity contribution in [2.45, 2.75) is 83.5 Å². The highest BCUT2D eigenvalue weighted by Gasteiger charge is 2.20. The van der Waals surface area contributed by atoms with Gasteiger partial charge in [0, 0.05) is 25.4 Å². The number of carbonyl (C=O) groups excluding carboxylic acids is 2. The van der Waals surface area contributed by atoms with E-state index in [9.17, 15) is 9.59 Å². The number of rotatable bonds is 6. The minimum atomic E-state index is 0.0796. The van der Waals surface area contributed by atoms with Crippen molar-refractivity contribution in [3.8, 4) is 0 Å². The van der Waals surface area contributed by atoms with Gasteiger partial charge in [-0.05, 0) is 31.6 Å². The number of amides is 2. The van der Waals surface area contributed by atoms with Crippen molar-refractivity contribution in [2.24, 2.45) is 11.8 Å². The Bertz CT molecular complexity index is 356. The van der Waals surface area contributed by atoms with E-state index in [1.165, 1.54) is 64.2 Å². The molecule has 0 unspecified atom stereocenters. The van der Waals surface area contributed by atoms with Crippen LogP contribution in [0.3, 0.4) is 0 Å². The molecule has 23 heavy (non-hydrogen) atoms. The molecular weight excluding hydrogens is 288 g/mol. The maximum Gasteiger partial charge on any atom is 0.223 e.